The van der Waals surface area contributed by atoms with Crippen molar-refractivity contribution in [2.75, 3.05) is 11.4 Å². The quantitative estimate of drug-likeness (QED) is 0.773. The molecule has 8 heteroatoms. The summed E-state index contributed by atoms with van der Waals surface area (Å²) >= 11 is 5.71. The van der Waals surface area contributed by atoms with Gasteiger partial charge < -0.3 is 16.0 Å². The van der Waals surface area contributed by atoms with Crippen molar-refractivity contribution in [3.8, 4) is 0 Å². The Balaban J connectivity index is 0.00000225. The molecule has 2 amide bonds. The Hall–Kier alpha value is -1.37. The maximum Gasteiger partial charge on any atom is 0.249 e. The van der Waals surface area contributed by atoms with Gasteiger partial charge in [0.15, 0.2) is 0 Å². The fourth-order valence-corrected chi connectivity index (χ4v) is 5.13. The van der Waals surface area contributed by atoms with Crippen LogP contribution < -0.4 is 16.0 Å². The van der Waals surface area contributed by atoms with Crippen LogP contribution in [0.1, 0.15) is 38.5 Å². The molecule has 154 valence electrons. The second-order valence-corrected chi connectivity index (χ2v) is 8.54. The summed E-state index contributed by atoms with van der Waals surface area (Å²) in [6.45, 7) is 0.450. The maximum absolute atomic E-state index is 13.7. The highest BCUT2D eigenvalue weighted by atomic mass is 35.5. The molecule has 0 radical (unpaired) electrons. The van der Waals surface area contributed by atoms with Crippen molar-refractivity contribution in [3.63, 3.8) is 0 Å². The van der Waals surface area contributed by atoms with Crippen LogP contribution in [0.25, 0.3) is 0 Å². The molecule has 1 aliphatic heterocycles. The highest BCUT2D eigenvalue weighted by Crippen LogP contribution is 2.42. The smallest absolute Gasteiger partial charge is 0.249 e. The predicted octanol–water partition coefficient (Wildman–Crippen LogP) is 3.28. The first-order valence-electron chi connectivity index (χ1n) is 9.76. The van der Waals surface area contributed by atoms with E-state index >= 15 is 0 Å². The number of benzene rings is 1. The Labute approximate surface area is 175 Å². The third-order valence-electron chi connectivity index (χ3n) is 6.52. The van der Waals surface area contributed by atoms with Crippen molar-refractivity contribution in [1.82, 2.24) is 5.32 Å². The molecule has 3 atom stereocenters. The van der Waals surface area contributed by atoms with E-state index in [1.807, 2.05) is 0 Å². The molecule has 3 fully saturated rings. The minimum atomic E-state index is -0.556. The number of hydrogen-bond donors (Lipinski definition) is 2. The molecule has 1 saturated heterocycles. The first kappa shape index (κ1) is 21.3. The van der Waals surface area contributed by atoms with Crippen LogP contribution in [-0.2, 0) is 9.59 Å². The van der Waals surface area contributed by atoms with Crippen LogP contribution >= 0.6 is 24.0 Å². The lowest BCUT2D eigenvalue weighted by Crippen LogP contribution is -2.51. The van der Waals surface area contributed by atoms with Gasteiger partial charge in [0.05, 0.1) is 5.02 Å². The summed E-state index contributed by atoms with van der Waals surface area (Å²) < 4.78 is 13.7. The number of nitrogens with two attached hydrogens (primary N) is 1. The van der Waals surface area contributed by atoms with Crippen LogP contribution in [0.5, 0.6) is 0 Å². The highest BCUT2D eigenvalue weighted by molar-refractivity contribution is 6.30. The van der Waals surface area contributed by atoms with Crippen LogP contribution in [0.3, 0.4) is 0 Å². The van der Waals surface area contributed by atoms with Crippen LogP contribution in [0.2, 0.25) is 5.02 Å². The molecule has 0 aromatic heterocycles. The number of halogens is 3. The van der Waals surface area contributed by atoms with Crippen LogP contribution in [0, 0.1) is 23.6 Å². The zero-order valence-electron chi connectivity index (χ0n) is 15.6. The van der Waals surface area contributed by atoms with Crippen LogP contribution in [-0.4, -0.2) is 30.4 Å². The number of carbonyl (C=O) groups excluding carboxylic acids is 2. The van der Waals surface area contributed by atoms with E-state index in [0.29, 0.717) is 30.5 Å². The molecular formula is C20H26Cl2FN3O2. The lowest BCUT2D eigenvalue weighted by atomic mass is 9.65. The Morgan fingerprint density at radius 2 is 1.89 bits per heavy atom. The van der Waals surface area contributed by atoms with Crippen LogP contribution in [0.4, 0.5) is 10.1 Å². The molecule has 3 N–H and O–H groups in total. The SMILES string of the molecule is Cl.NC1C2CCCC1CC(C(=O)NC1CCN(c3ccc(Cl)c(F)c3)C1=O)C2. The summed E-state index contributed by atoms with van der Waals surface area (Å²) in [5.74, 6) is -0.0179. The predicted molar refractivity (Wildman–Crippen MR) is 109 cm³/mol. The molecule has 2 aliphatic carbocycles. The Kier molecular flexibility index (Phi) is 6.52. The van der Waals surface area contributed by atoms with Crippen molar-refractivity contribution < 1.29 is 14.0 Å². The summed E-state index contributed by atoms with van der Waals surface area (Å²) in [5, 5.41) is 2.96. The van der Waals surface area contributed by atoms with Crippen molar-refractivity contribution in [1.29, 1.82) is 0 Å². The lowest BCUT2D eigenvalue weighted by Gasteiger charge is -2.43. The number of amides is 2. The van der Waals surface area contributed by atoms with Gasteiger partial charge in [0.25, 0.3) is 0 Å². The average molecular weight is 430 g/mol. The first-order valence-corrected chi connectivity index (χ1v) is 10.1. The molecule has 4 rings (SSSR count). The monoisotopic (exact) mass is 429 g/mol. The third kappa shape index (κ3) is 4.00. The lowest BCUT2D eigenvalue weighted by molar-refractivity contribution is -0.131. The number of nitrogens with one attached hydrogen (secondary N) is 1. The van der Waals surface area contributed by atoms with E-state index in [2.05, 4.69) is 5.32 Å². The molecular weight excluding hydrogens is 404 g/mol. The van der Waals surface area contributed by atoms with Crippen molar-refractivity contribution in [2.45, 2.75) is 50.6 Å². The van der Waals surface area contributed by atoms with Gasteiger partial charge in [-0.05, 0) is 62.1 Å². The number of rotatable bonds is 3. The van der Waals surface area contributed by atoms with Gasteiger partial charge in [0.2, 0.25) is 11.8 Å². The maximum atomic E-state index is 13.7. The van der Waals surface area contributed by atoms with Gasteiger partial charge in [0.1, 0.15) is 11.9 Å². The summed E-state index contributed by atoms with van der Waals surface area (Å²) in [4.78, 5) is 27.0. The van der Waals surface area contributed by atoms with Gasteiger partial charge in [-0.25, -0.2) is 4.39 Å². The molecule has 2 saturated carbocycles. The van der Waals surface area contributed by atoms with Gasteiger partial charge >= 0.3 is 0 Å². The Morgan fingerprint density at radius 1 is 1.21 bits per heavy atom. The van der Waals surface area contributed by atoms with Crippen LogP contribution in [0.15, 0.2) is 18.2 Å². The highest BCUT2D eigenvalue weighted by Gasteiger charge is 2.42. The van der Waals surface area contributed by atoms with E-state index in [1.54, 1.807) is 6.07 Å². The van der Waals surface area contributed by atoms with Gasteiger partial charge in [-0.15, -0.1) is 12.4 Å². The van der Waals surface area contributed by atoms with E-state index in [4.69, 9.17) is 17.3 Å². The fourth-order valence-electron chi connectivity index (χ4n) is 5.02. The van der Waals surface area contributed by atoms with Crippen molar-refractivity contribution >= 4 is 41.5 Å². The minimum absolute atomic E-state index is 0. The van der Waals surface area contributed by atoms with Gasteiger partial charge in [-0.1, -0.05) is 18.0 Å². The van der Waals surface area contributed by atoms with E-state index in [-0.39, 0.29) is 41.2 Å². The van der Waals surface area contributed by atoms with E-state index in [9.17, 15) is 14.0 Å². The van der Waals surface area contributed by atoms with Gasteiger partial charge in [-0.3, -0.25) is 9.59 Å². The number of hydrogen-bond acceptors (Lipinski definition) is 3. The Bertz CT molecular complexity index is 749. The summed E-state index contributed by atoms with van der Waals surface area (Å²) in [6, 6.07) is 3.98. The van der Waals surface area contributed by atoms with Crippen molar-refractivity contribution in [3.05, 3.63) is 29.0 Å². The molecule has 28 heavy (non-hydrogen) atoms. The standard InChI is InChI=1S/C20H25ClFN3O2.ClH/c21-15-5-4-14(10-16(15)22)25-7-6-17(20(25)27)24-19(26)13-8-11-2-1-3-12(9-13)18(11)23;/h4-5,10-13,17-18H,1-3,6-9,23H2,(H,24,26);1H. The molecule has 2 bridgehead atoms. The van der Waals surface area contributed by atoms with Gasteiger partial charge in [0, 0.05) is 24.2 Å². The number of nitrogens with zero attached hydrogens (tertiary/aromatic N) is 1. The molecule has 1 aromatic carbocycles. The zero-order valence-corrected chi connectivity index (χ0v) is 17.1. The minimum Gasteiger partial charge on any atom is -0.344 e. The summed E-state index contributed by atoms with van der Waals surface area (Å²) in [7, 11) is 0. The second kappa shape index (κ2) is 8.56. The van der Waals surface area contributed by atoms with Gasteiger partial charge in [-0.2, -0.15) is 0 Å². The van der Waals surface area contributed by atoms with E-state index in [0.717, 1.165) is 25.7 Å². The number of anilines is 1. The molecule has 3 unspecified atom stereocenters. The molecule has 5 nitrogen and oxygen atoms in total. The first-order chi connectivity index (χ1) is 12.9. The summed E-state index contributed by atoms with van der Waals surface area (Å²) in [5.41, 5.74) is 6.77. The third-order valence-corrected chi connectivity index (χ3v) is 6.83. The van der Waals surface area contributed by atoms with Crippen molar-refractivity contribution in [2.24, 2.45) is 23.5 Å². The second-order valence-electron chi connectivity index (χ2n) is 8.13. The average Bonchev–Trinajstić information content (AvgIpc) is 2.98. The molecule has 1 aromatic rings. The zero-order chi connectivity index (χ0) is 19.1. The topological polar surface area (TPSA) is 75.4 Å². The van der Waals surface area contributed by atoms with E-state index < -0.39 is 11.9 Å². The molecule has 3 aliphatic rings. The fraction of sp³-hybridized carbons (Fsp3) is 0.600. The Morgan fingerprint density at radius 3 is 2.54 bits per heavy atom. The normalized spacial score (nSPS) is 32.0. The molecule has 1 heterocycles. The van der Waals surface area contributed by atoms with E-state index in [1.165, 1.54) is 23.5 Å². The number of carbonyl (C=O) groups is 2. The molecule has 0 spiro atoms. The largest absolute Gasteiger partial charge is 0.344 e. The summed E-state index contributed by atoms with van der Waals surface area (Å²) in [6.07, 6.45) is 5.55. The number of fused-ring (bicyclic) bond motifs is 2.